The van der Waals surface area contributed by atoms with Gasteiger partial charge in [-0.25, -0.2) is 8.42 Å². The number of sulfonamides is 1. The molecule has 2 aromatic carbocycles. The van der Waals surface area contributed by atoms with Gasteiger partial charge in [0.1, 0.15) is 23.0 Å². The van der Waals surface area contributed by atoms with E-state index in [-0.39, 0.29) is 35.2 Å². The zero-order valence-electron chi connectivity index (χ0n) is 16.0. The van der Waals surface area contributed by atoms with Gasteiger partial charge in [-0.2, -0.15) is 4.31 Å². The number of nitrogens with zero attached hydrogens (tertiary/aromatic N) is 2. The average molecular weight is 418 g/mol. The Bertz CT molecular complexity index is 1020. The van der Waals surface area contributed by atoms with Gasteiger partial charge in [0.25, 0.3) is 5.91 Å². The van der Waals surface area contributed by atoms with E-state index < -0.39 is 10.0 Å². The lowest BCUT2D eigenvalue weighted by molar-refractivity contribution is 0.0729. The first-order valence-electron chi connectivity index (χ1n) is 9.32. The van der Waals surface area contributed by atoms with Crippen molar-refractivity contribution in [1.29, 1.82) is 0 Å². The van der Waals surface area contributed by atoms with Crippen LogP contribution in [0.2, 0.25) is 0 Å². The van der Waals surface area contributed by atoms with Gasteiger partial charge in [-0.15, -0.1) is 0 Å². The number of fused-ring (bicyclic) bond motifs is 1. The number of anilines is 1. The zero-order chi connectivity index (χ0) is 20.4. The summed E-state index contributed by atoms with van der Waals surface area (Å²) in [6.45, 7) is 1.96. The second kappa shape index (κ2) is 8.02. The number of morpholine rings is 1. The highest BCUT2D eigenvalue weighted by Gasteiger charge is 2.31. The summed E-state index contributed by atoms with van der Waals surface area (Å²) < 4.78 is 43.8. The molecule has 2 aliphatic heterocycles. The molecule has 4 rings (SSSR count). The number of carbonyl (C=O) groups excluding carboxylic acids is 1. The number of methoxy groups -OCH3 is 1. The van der Waals surface area contributed by atoms with Crippen molar-refractivity contribution >= 4 is 21.6 Å². The minimum absolute atomic E-state index is 0.0192. The third-order valence-corrected chi connectivity index (χ3v) is 6.89. The number of hydrogen-bond acceptors (Lipinski definition) is 6. The normalized spacial score (nSPS) is 17.3. The molecule has 154 valence electrons. The first-order valence-corrected chi connectivity index (χ1v) is 10.8. The van der Waals surface area contributed by atoms with Crippen molar-refractivity contribution in [2.75, 3.05) is 51.5 Å². The Morgan fingerprint density at radius 3 is 2.55 bits per heavy atom. The predicted octanol–water partition coefficient (Wildman–Crippen LogP) is 1.76. The Hall–Kier alpha value is -2.62. The smallest absolute Gasteiger partial charge is 0.258 e. The number of rotatable bonds is 4. The summed E-state index contributed by atoms with van der Waals surface area (Å²) in [5.41, 5.74) is 0.937. The quantitative estimate of drug-likeness (QED) is 0.752. The van der Waals surface area contributed by atoms with E-state index in [9.17, 15) is 13.2 Å². The minimum Gasteiger partial charge on any atom is -0.495 e. The van der Waals surface area contributed by atoms with Crippen molar-refractivity contribution in [3.63, 3.8) is 0 Å². The van der Waals surface area contributed by atoms with Gasteiger partial charge in [0, 0.05) is 18.7 Å². The number of hydrogen-bond donors (Lipinski definition) is 0. The Balaban J connectivity index is 1.71. The molecule has 2 aliphatic rings. The number of para-hydroxylation sites is 2. The highest BCUT2D eigenvalue weighted by Crippen LogP contribution is 2.33. The molecule has 0 aliphatic carbocycles. The fourth-order valence-electron chi connectivity index (χ4n) is 3.47. The average Bonchev–Trinajstić information content (AvgIpc) is 2.78. The summed E-state index contributed by atoms with van der Waals surface area (Å²) in [7, 11) is -2.41. The molecule has 0 spiro atoms. The maximum Gasteiger partial charge on any atom is 0.258 e. The van der Waals surface area contributed by atoms with Crippen molar-refractivity contribution in [1.82, 2.24) is 4.31 Å². The van der Waals surface area contributed by atoms with Crippen molar-refractivity contribution in [3.05, 3.63) is 48.0 Å². The second-order valence-electron chi connectivity index (χ2n) is 6.66. The van der Waals surface area contributed by atoms with E-state index in [1.807, 2.05) is 12.1 Å². The summed E-state index contributed by atoms with van der Waals surface area (Å²) in [6.07, 6.45) is 0. The van der Waals surface area contributed by atoms with Crippen molar-refractivity contribution in [2.45, 2.75) is 4.90 Å². The fourth-order valence-corrected chi connectivity index (χ4v) is 5.06. The first-order chi connectivity index (χ1) is 14.0. The molecule has 9 heteroatoms. The molecule has 0 aromatic heterocycles. The summed E-state index contributed by atoms with van der Waals surface area (Å²) in [5, 5.41) is 0. The Labute approximate surface area is 169 Å². The molecule has 29 heavy (non-hydrogen) atoms. The largest absolute Gasteiger partial charge is 0.495 e. The highest BCUT2D eigenvalue weighted by molar-refractivity contribution is 7.89. The molecule has 1 saturated heterocycles. The number of benzene rings is 2. The number of ether oxygens (including phenoxy) is 3. The molecule has 0 N–H and O–H groups in total. The Morgan fingerprint density at radius 1 is 1.03 bits per heavy atom. The van der Waals surface area contributed by atoms with Gasteiger partial charge in [-0.05, 0) is 30.3 Å². The molecule has 0 radical (unpaired) electrons. The van der Waals surface area contributed by atoms with Gasteiger partial charge in [0.15, 0.2) is 0 Å². The van der Waals surface area contributed by atoms with Crippen LogP contribution in [0.4, 0.5) is 5.69 Å². The van der Waals surface area contributed by atoms with Gasteiger partial charge in [0.05, 0.1) is 32.6 Å². The fraction of sp³-hybridized carbons (Fsp3) is 0.350. The van der Waals surface area contributed by atoms with Gasteiger partial charge >= 0.3 is 0 Å². The Morgan fingerprint density at radius 2 is 1.79 bits per heavy atom. The molecule has 8 nitrogen and oxygen atoms in total. The standard InChI is InChI=1S/C20H22N2O6S/c1-26-18-7-6-15(14-19(18)29(24,25)21-8-11-27-12-9-21)20(23)22-10-13-28-17-5-3-2-4-16(17)22/h2-7,14H,8-13H2,1H3. The second-order valence-corrected chi connectivity index (χ2v) is 8.56. The Kier molecular flexibility index (Phi) is 5.44. The van der Waals surface area contributed by atoms with E-state index >= 15 is 0 Å². The van der Waals surface area contributed by atoms with Crippen LogP contribution in [0.15, 0.2) is 47.4 Å². The summed E-state index contributed by atoms with van der Waals surface area (Å²) in [5.74, 6) is 0.541. The highest BCUT2D eigenvalue weighted by atomic mass is 32.2. The molecular weight excluding hydrogens is 396 g/mol. The van der Waals surface area contributed by atoms with Crippen LogP contribution in [0.1, 0.15) is 10.4 Å². The number of carbonyl (C=O) groups is 1. The van der Waals surface area contributed by atoms with E-state index in [0.29, 0.717) is 37.8 Å². The molecule has 2 aromatic rings. The van der Waals surface area contributed by atoms with Crippen LogP contribution >= 0.6 is 0 Å². The minimum atomic E-state index is -3.82. The topological polar surface area (TPSA) is 85.4 Å². The predicted molar refractivity (Wildman–Crippen MR) is 106 cm³/mol. The zero-order valence-corrected chi connectivity index (χ0v) is 16.9. The van der Waals surface area contributed by atoms with Crippen LogP contribution < -0.4 is 14.4 Å². The van der Waals surface area contributed by atoms with Gasteiger partial charge in [-0.3, -0.25) is 4.79 Å². The molecule has 0 bridgehead atoms. The lowest BCUT2D eigenvalue weighted by Crippen LogP contribution is -2.41. The van der Waals surface area contributed by atoms with E-state index in [1.54, 1.807) is 23.1 Å². The molecular formula is C20H22N2O6S. The molecule has 0 atom stereocenters. The maximum absolute atomic E-state index is 13.2. The third-order valence-electron chi connectivity index (χ3n) is 4.97. The van der Waals surface area contributed by atoms with Crippen LogP contribution in [0, 0.1) is 0 Å². The van der Waals surface area contributed by atoms with Crippen LogP contribution in [-0.2, 0) is 14.8 Å². The first kappa shape index (κ1) is 19.7. The van der Waals surface area contributed by atoms with E-state index in [1.165, 1.54) is 23.5 Å². The van der Waals surface area contributed by atoms with Crippen LogP contribution in [0.3, 0.4) is 0 Å². The van der Waals surface area contributed by atoms with Crippen LogP contribution in [0.25, 0.3) is 0 Å². The van der Waals surface area contributed by atoms with Crippen molar-refractivity contribution in [3.8, 4) is 11.5 Å². The van der Waals surface area contributed by atoms with Gasteiger partial charge in [0.2, 0.25) is 10.0 Å². The summed E-state index contributed by atoms with van der Waals surface area (Å²) in [6, 6.07) is 11.8. The summed E-state index contributed by atoms with van der Waals surface area (Å²) in [4.78, 5) is 14.8. The van der Waals surface area contributed by atoms with E-state index in [2.05, 4.69) is 0 Å². The van der Waals surface area contributed by atoms with Crippen LogP contribution in [-0.4, -0.2) is 65.2 Å². The van der Waals surface area contributed by atoms with Crippen LogP contribution in [0.5, 0.6) is 11.5 Å². The van der Waals surface area contributed by atoms with Gasteiger partial charge in [-0.1, -0.05) is 12.1 Å². The lowest BCUT2D eigenvalue weighted by atomic mass is 10.1. The molecule has 2 heterocycles. The molecule has 1 fully saturated rings. The SMILES string of the molecule is COc1ccc(C(=O)N2CCOc3ccccc32)cc1S(=O)(=O)N1CCOCC1. The monoisotopic (exact) mass is 418 g/mol. The molecule has 1 amide bonds. The van der Waals surface area contributed by atoms with E-state index in [4.69, 9.17) is 14.2 Å². The molecule has 0 saturated carbocycles. The van der Waals surface area contributed by atoms with Crippen molar-refractivity contribution in [2.24, 2.45) is 0 Å². The van der Waals surface area contributed by atoms with Gasteiger partial charge < -0.3 is 19.1 Å². The summed E-state index contributed by atoms with van der Waals surface area (Å²) >= 11 is 0. The lowest BCUT2D eigenvalue weighted by Gasteiger charge is -2.30. The third kappa shape index (κ3) is 3.68. The van der Waals surface area contributed by atoms with Crippen molar-refractivity contribution < 1.29 is 27.4 Å². The molecule has 0 unspecified atom stereocenters. The number of amides is 1. The maximum atomic E-state index is 13.2. The van der Waals surface area contributed by atoms with E-state index in [0.717, 1.165) is 0 Å².